The number of aliphatic hydroxyl groups excluding tert-OH is 1. The Morgan fingerprint density at radius 3 is 3.18 bits per heavy atom. The van der Waals surface area contributed by atoms with Gasteiger partial charge in [-0.05, 0) is 38.6 Å². The van der Waals surface area contributed by atoms with Crippen molar-refractivity contribution in [1.82, 2.24) is 14.9 Å². The molecule has 1 aromatic heterocycles. The normalized spacial score (nSPS) is 25.1. The maximum atomic E-state index is 9.60. The molecule has 2 N–H and O–H groups in total. The summed E-state index contributed by atoms with van der Waals surface area (Å²) in [5, 5.41) is 13.1. The van der Waals surface area contributed by atoms with Crippen molar-refractivity contribution < 1.29 is 5.11 Å². The van der Waals surface area contributed by atoms with Crippen LogP contribution in [0, 0.1) is 5.92 Å². The van der Waals surface area contributed by atoms with Crippen LogP contribution in [0.5, 0.6) is 0 Å². The molecule has 0 aromatic carbocycles. The average Bonchev–Trinajstić information content (AvgIpc) is 2.77. The van der Waals surface area contributed by atoms with Gasteiger partial charge in [0.25, 0.3) is 0 Å². The molecule has 17 heavy (non-hydrogen) atoms. The summed E-state index contributed by atoms with van der Waals surface area (Å²) in [6.45, 7) is 4.92. The van der Waals surface area contributed by atoms with Gasteiger partial charge in [-0.25, -0.2) is 4.98 Å². The number of hydrogen-bond acceptors (Lipinski definition) is 3. The van der Waals surface area contributed by atoms with Gasteiger partial charge in [0, 0.05) is 18.9 Å². The summed E-state index contributed by atoms with van der Waals surface area (Å²) in [6, 6.07) is 0. The molecule has 1 aliphatic carbocycles. The molecule has 0 aliphatic heterocycles. The van der Waals surface area contributed by atoms with Gasteiger partial charge in [-0.3, -0.25) is 0 Å². The van der Waals surface area contributed by atoms with Crippen molar-refractivity contribution in [3.8, 4) is 0 Å². The summed E-state index contributed by atoms with van der Waals surface area (Å²) >= 11 is 0. The molecule has 0 radical (unpaired) electrons. The Bertz CT molecular complexity index is 337. The number of aromatic nitrogens is 2. The minimum absolute atomic E-state index is 0.0758. The summed E-state index contributed by atoms with van der Waals surface area (Å²) in [5.74, 6) is 1.73. The second kappa shape index (κ2) is 6.17. The Morgan fingerprint density at radius 1 is 1.53 bits per heavy atom. The second-order valence-electron chi connectivity index (χ2n) is 4.95. The van der Waals surface area contributed by atoms with Crippen molar-refractivity contribution in [3.05, 3.63) is 18.2 Å². The molecule has 0 spiro atoms. The number of imidazole rings is 1. The maximum Gasteiger partial charge on any atom is 0.122 e. The number of rotatable bonds is 5. The van der Waals surface area contributed by atoms with E-state index < -0.39 is 0 Å². The van der Waals surface area contributed by atoms with Crippen LogP contribution in [0.1, 0.15) is 38.4 Å². The third-order valence-corrected chi connectivity index (χ3v) is 3.61. The molecule has 0 amide bonds. The van der Waals surface area contributed by atoms with Gasteiger partial charge in [0.1, 0.15) is 5.82 Å². The SMILES string of the molecule is CCn1ccnc1CNCC1CCCC(O)C1. The summed E-state index contributed by atoms with van der Waals surface area (Å²) < 4.78 is 2.16. The Kier molecular flexibility index (Phi) is 4.57. The molecule has 1 aliphatic rings. The minimum atomic E-state index is -0.0758. The Morgan fingerprint density at radius 2 is 2.41 bits per heavy atom. The van der Waals surface area contributed by atoms with Gasteiger partial charge in [-0.15, -0.1) is 0 Å². The number of aliphatic hydroxyl groups is 1. The maximum absolute atomic E-state index is 9.60. The van der Waals surface area contributed by atoms with Gasteiger partial charge < -0.3 is 15.0 Å². The molecule has 2 rings (SSSR count). The van der Waals surface area contributed by atoms with Crippen LogP contribution in [0.25, 0.3) is 0 Å². The summed E-state index contributed by atoms with van der Waals surface area (Å²) in [6.07, 6.45) is 8.13. The van der Waals surface area contributed by atoms with Crippen LogP contribution in [0.2, 0.25) is 0 Å². The Hall–Kier alpha value is -0.870. The molecule has 2 unspecified atom stereocenters. The summed E-state index contributed by atoms with van der Waals surface area (Å²) in [5.41, 5.74) is 0. The monoisotopic (exact) mass is 237 g/mol. The van der Waals surface area contributed by atoms with Crippen LogP contribution in [0.3, 0.4) is 0 Å². The van der Waals surface area contributed by atoms with Gasteiger partial charge >= 0.3 is 0 Å². The van der Waals surface area contributed by atoms with Gasteiger partial charge in [-0.2, -0.15) is 0 Å². The van der Waals surface area contributed by atoms with Crippen LogP contribution in [-0.4, -0.2) is 27.3 Å². The van der Waals surface area contributed by atoms with E-state index in [4.69, 9.17) is 0 Å². The van der Waals surface area contributed by atoms with E-state index in [-0.39, 0.29) is 6.10 Å². The van der Waals surface area contributed by atoms with E-state index in [1.54, 1.807) is 0 Å². The van der Waals surface area contributed by atoms with Crippen molar-refractivity contribution >= 4 is 0 Å². The van der Waals surface area contributed by atoms with Crippen LogP contribution in [0.15, 0.2) is 12.4 Å². The minimum Gasteiger partial charge on any atom is -0.393 e. The van der Waals surface area contributed by atoms with Gasteiger partial charge in [0.05, 0.1) is 12.6 Å². The highest BCUT2D eigenvalue weighted by molar-refractivity contribution is 4.91. The molecule has 0 bridgehead atoms. The Balaban J connectivity index is 1.72. The largest absolute Gasteiger partial charge is 0.393 e. The van der Waals surface area contributed by atoms with Crippen LogP contribution >= 0.6 is 0 Å². The first-order valence-corrected chi connectivity index (χ1v) is 6.68. The van der Waals surface area contributed by atoms with Gasteiger partial charge in [0.15, 0.2) is 0 Å². The lowest BCUT2D eigenvalue weighted by molar-refractivity contribution is 0.100. The van der Waals surface area contributed by atoms with Crippen molar-refractivity contribution in [2.24, 2.45) is 5.92 Å². The highest BCUT2D eigenvalue weighted by atomic mass is 16.3. The molecule has 1 heterocycles. The third-order valence-electron chi connectivity index (χ3n) is 3.61. The highest BCUT2D eigenvalue weighted by Gasteiger charge is 2.19. The van der Waals surface area contributed by atoms with E-state index in [0.717, 1.165) is 44.7 Å². The number of hydrogen-bond donors (Lipinski definition) is 2. The van der Waals surface area contributed by atoms with Crippen LogP contribution in [-0.2, 0) is 13.1 Å². The molecule has 0 saturated heterocycles. The van der Waals surface area contributed by atoms with Crippen molar-refractivity contribution in [2.45, 2.75) is 51.8 Å². The molecule has 96 valence electrons. The van der Waals surface area contributed by atoms with Crippen molar-refractivity contribution in [3.63, 3.8) is 0 Å². The predicted octanol–water partition coefficient (Wildman–Crippen LogP) is 1.54. The number of nitrogens with one attached hydrogen (secondary N) is 1. The standard InChI is InChI=1S/C13H23N3O/c1-2-16-7-6-15-13(16)10-14-9-11-4-3-5-12(17)8-11/h6-7,11-12,14,17H,2-5,8-10H2,1H3. The van der Waals surface area contributed by atoms with Crippen molar-refractivity contribution in [2.75, 3.05) is 6.54 Å². The van der Waals surface area contributed by atoms with Crippen LogP contribution in [0.4, 0.5) is 0 Å². The summed E-state index contributed by atoms with van der Waals surface area (Å²) in [7, 11) is 0. The zero-order valence-electron chi connectivity index (χ0n) is 10.6. The first-order valence-electron chi connectivity index (χ1n) is 6.68. The topological polar surface area (TPSA) is 50.1 Å². The van der Waals surface area contributed by atoms with Crippen LogP contribution < -0.4 is 5.32 Å². The molecule has 1 aromatic rings. The Labute approximate surface area is 103 Å². The zero-order valence-corrected chi connectivity index (χ0v) is 10.6. The van der Waals surface area contributed by atoms with E-state index in [9.17, 15) is 5.11 Å². The smallest absolute Gasteiger partial charge is 0.122 e. The summed E-state index contributed by atoms with van der Waals surface area (Å²) in [4.78, 5) is 4.34. The first-order chi connectivity index (χ1) is 8.29. The third kappa shape index (κ3) is 3.54. The molecule has 1 saturated carbocycles. The fourth-order valence-corrected chi connectivity index (χ4v) is 2.63. The average molecular weight is 237 g/mol. The number of aryl methyl sites for hydroxylation is 1. The molecular weight excluding hydrogens is 214 g/mol. The molecule has 2 atom stereocenters. The molecular formula is C13H23N3O. The van der Waals surface area contributed by atoms with E-state index in [1.165, 1.54) is 6.42 Å². The molecule has 4 heteroatoms. The van der Waals surface area contributed by atoms with E-state index in [2.05, 4.69) is 21.8 Å². The first kappa shape index (κ1) is 12.6. The number of nitrogens with zero attached hydrogens (tertiary/aromatic N) is 2. The second-order valence-corrected chi connectivity index (χ2v) is 4.95. The van der Waals surface area contributed by atoms with Crippen molar-refractivity contribution in [1.29, 1.82) is 0 Å². The van der Waals surface area contributed by atoms with E-state index >= 15 is 0 Å². The quantitative estimate of drug-likeness (QED) is 0.817. The zero-order chi connectivity index (χ0) is 12.1. The lowest BCUT2D eigenvalue weighted by Gasteiger charge is -2.25. The highest BCUT2D eigenvalue weighted by Crippen LogP contribution is 2.23. The van der Waals surface area contributed by atoms with E-state index in [1.807, 2.05) is 12.4 Å². The van der Waals surface area contributed by atoms with Gasteiger partial charge in [0.2, 0.25) is 0 Å². The molecule has 4 nitrogen and oxygen atoms in total. The van der Waals surface area contributed by atoms with Gasteiger partial charge in [-0.1, -0.05) is 6.42 Å². The molecule has 1 fully saturated rings. The lowest BCUT2D eigenvalue weighted by atomic mass is 9.87. The predicted molar refractivity (Wildman–Crippen MR) is 67.6 cm³/mol. The van der Waals surface area contributed by atoms with E-state index in [0.29, 0.717) is 5.92 Å². The fourth-order valence-electron chi connectivity index (χ4n) is 2.63. The lowest BCUT2D eigenvalue weighted by Crippen LogP contribution is -2.29. The fraction of sp³-hybridized carbons (Fsp3) is 0.769.